The van der Waals surface area contributed by atoms with Crippen LogP contribution in [0.1, 0.15) is 10.4 Å². The van der Waals surface area contributed by atoms with Gasteiger partial charge in [0.1, 0.15) is 29.4 Å². The van der Waals surface area contributed by atoms with Gasteiger partial charge in [-0.05, 0) is 12.1 Å². The Bertz CT molecular complexity index is 526. The van der Waals surface area contributed by atoms with Gasteiger partial charge in [0.25, 0.3) is 0 Å². The monoisotopic (exact) mass is 281 g/mol. The third-order valence-electron chi connectivity index (χ3n) is 2.34. The van der Waals surface area contributed by atoms with E-state index in [1.165, 1.54) is 32.4 Å². The highest BCUT2D eigenvalue weighted by atomic mass is 16.5. The number of aromatic carboxylic acids is 1. The number of hydrogen-bond acceptors (Lipinski definition) is 5. The maximum absolute atomic E-state index is 11.5. The number of carbonyl (C=O) groups is 2. The van der Waals surface area contributed by atoms with Crippen LogP contribution in [-0.4, -0.2) is 38.0 Å². The summed E-state index contributed by atoms with van der Waals surface area (Å²) in [6.45, 7) is 3.40. The van der Waals surface area contributed by atoms with E-state index in [1.807, 2.05) is 0 Å². The van der Waals surface area contributed by atoms with Gasteiger partial charge in [-0.2, -0.15) is 0 Å². The quantitative estimate of drug-likeness (QED) is 0.776. The topological polar surface area (TPSA) is 94.1 Å². The van der Waals surface area contributed by atoms with Gasteiger partial charge < -0.3 is 19.3 Å². The van der Waals surface area contributed by atoms with Gasteiger partial charge in [0.05, 0.1) is 14.2 Å². The summed E-state index contributed by atoms with van der Waals surface area (Å²) in [7, 11) is 2.68. The third-order valence-corrected chi connectivity index (χ3v) is 2.34. The molecule has 1 aromatic rings. The smallest absolute Gasteiger partial charge is 0.412 e. The van der Waals surface area contributed by atoms with Gasteiger partial charge in [0, 0.05) is 0 Å². The third kappa shape index (κ3) is 3.41. The van der Waals surface area contributed by atoms with Crippen LogP contribution >= 0.6 is 0 Å². The molecule has 20 heavy (non-hydrogen) atoms. The number of rotatable bonds is 6. The first-order chi connectivity index (χ1) is 9.54. The number of anilines is 1. The maximum Gasteiger partial charge on any atom is 0.412 e. The maximum atomic E-state index is 11.5. The van der Waals surface area contributed by atoms with E-state index in [1.54, 1.807) is 0 Å². The van der Waals surface area contributed by atoms with Crippen molar-refractivity contribution in [1.29, 1.82) is 0 Å². The molecule has 0 fully saturated rings. The number of carbonyl (C=O) groups excluding carboxylic acids is 1. The lowest BCUT2D eigenvalue weighted by atomic mass is 10.1. The number of carboxylic acids is 1. The predicted octanol–water partition coefficient (Wildman–Crippen LogP) is 2.14. The first-order valence-electron chi connectivity index (χ1n) is 5.58. The Kier molecular flexibility index (Phi) is 5.40. The molecule has 0 aromatic heterocycles. The summed E-state index contributed by atoms with van der Waals surface area (Å²) >= 11 is 0. The van der Waals surface area contributed by atoms with Crippen molar-refractivity contribution in [3.63, 3.8) is 0 Å². The van der Waals surface area contributed by atoms with Crippen molar-refractivity contribution in [3.8, 4) is 11.5 Å². The number of hydrogen-bond donors (Lipinski definition) is 2. The summed E-state index contributed by atoms with van der Waals surface area (Å²) in [4.78, 5) is 22.9. The van der Waals surface area contributed by atoms with Gasteiger partial charge in [0.2, 0.25) is 0 Å². The molecule has 0 aliphatic carbocycles. The normalized spacial score (nSPS) is 9.50. The van der Waals surface area contributed by atoms with Crippen molar-refractivity contribution in [2.24, 2.45) is 0 Å². The van der Waals surface area contributed by atoms with Crippen molar-refractivity contribution in [1.82, 2.24) is 0 Å². The van der Waals surface area contributed by atoms with Crippen LogP contribution < -0.4 is 14.8 Å². The summed E-state index contributed by atoms with van der Waals surface area (Å²) in [5.41, 5.74) is -0.254. The van der Waals surface area contributed by atoms with Gasteiger partial charge in [-0.25, -0.2) is 9.59 Å². The number of nitrogens with one attached hydrogen (secondary N) is 1. The lowest BCUT2D eigenvalue weighted by molar-refractivity contribution is 0.0694. The molecule has 7 nitrogen and oxygen atoms in total. The van der Waals surface area contributed by atoms with Crippen molar-refractivity contribution >= 4 is 17.7 Å². The highest BCUT2D eigenvalue weighted by Crippen LogP contribution is 2.35. The zero-order valence-corrected chi connectivity index (χ0v) is 11.1. The van der Waals surface area contributed by atoms with Crippen LogP contribution in [0, 0.1) is 0 Å². The fraction of sp³-hybridized carbons (Fsp3) is 0.231. The number of methoxy groups -OCH3 is 2. The number of amides is 1. The predicted molar refractivity (Wildman–Crippen MR) is 71.7 cm³/mol. The van der Waals surface area contributed by atoms with Gasteiger partial charge in [0.15, 0.2) is 0 Å². The van der Waals surface area contributed by atoms with Gasteiger partial charge in [-0.3, -0.25) is 5.32 Å². The summed E-state index contributed by atoms with van der Waals surface area (Å²) in [5.74, 6) is -0.990. The van der Waals surface area contributed by atoms with Gasteiger partial charge in [-0.15, -0.1) is 0 Å². The molecule has 1 aromatic carbocycles. The van der Waals surface area contributed by atoms with Gasteiger partial charge >= 0.3 is 12.1 Å². The molecule has 0 spiro atoms. The summed E-state index contributed by atoms with van der Waals surface area (Å²) < 4.78 is 14.7. The molecule has 0 bridgehead atoms. The van der Waals surface area contributed by atoms with Crippen LogP contribution in [0.5, 0.6) is 11.5 Å². The number of benzene rings is 1. The van der Waals surface area contributed by atoms with E-state index >= 15 is 0 Å². The molecule has 0 unspecified atom stereocenters. The summed E-state index contributed by atoms with van der Waals surface area (Å²) in [6.07, 6.45) is 0.569. The van der Waals surface area contributed by atoms with Crippen LogP contribution in [0.4, 0.5) is 10.5 Å². The Morgan fingerprint density at radius 2 is 1.90 bits per heavy atom. The lowest BCUT2D eigenvalue weighted by Crippen LogP contribution is -2.17. The fourth-order valence-corrected chi connectivity index (χ4v) is 1.51. The molecule has 0 aliphatic rings. The number of carboxylic acid groups (broad SMARTS) is 1. The molecular formula is C13H15NO6. The van der Waals surface area contributed by atoms with Crippen molar-refractivity contribution in [2.75, 3.05) is 26.1 Å². The average molecular weight is 281 g/mol. The molecule has 1 rings (SSSR count). The van der Waals surface area contributed by atoms with Crippen molar-refractivity contribution in [3.05, 3.63) is 30.4 Å². The molecule has 1 amide bonds. The Morgan fingerprint density at radius 1 is 1.30 bits per heavy atom. The molecule has 2 N–H and O–H groups in total. The Labute approximate surface area is 115 Å². The molecular weight excluding hydrogens is 266 g/mol. The Balaban J connectivity index is 3.22. The molecule has 0 saturated heterocycles. The second-order valence-corrected chi connectivity index (χ2v) is 3.54. The highest BCUT2D eigenvalue weighted by Gasteiger charge is 2.22. The van der Waals surface area contributed by atoms with E-state index in [4.69, 9.17) is 14.2 Å². The molecule has 0 radical (unpaired) electrons. The SMILES string of the molecule is C=CCOC(=O)Nc1c(OC)ccc(OC)c1C(=O)O. The van der Waals surface area contributed by atoms with E-state index in [9.17, 15) is 14.7 Å². The largest absolute Gasteiger partial charge is 0.496 e. The second-order valence-electron chi connectivity index (χ2n) is 3.54. The van der Waals surface area contributed by atoms with Crippen molar-refractivity contribution < 1.29 is 28.9 Å². The molecule has 0 atom stereocenters. The molecule has 108 valence electrons. The standard InChI is InChI=1S/C13H15NO6/c1-4-7-20-13(17)14-11-9(19-3)6-5-8(18-2)10(11)12(15)16/h4-6H,1,7H2,2-3H3,(H,14,17)(H,15,16). The van der Waals surface area contributed by atoms with E-state index in [0.717, 1.165) is 0 Å². The van der Waals surface area contributed by atoms with E-state index in [2.05, 4.69) is 11.9 Å². The van der Waals surface area contributed by atoms with Crippen molar-refractivity contribution in [2.45, 2.75) is 0 Å². The zero-order valence-electron chi connectivity index (χ0n) is 11.1. The van der Waals surface area contributed by atoms with Gasteiger partial charge in [-0.1, -0.05) is 12.7 Å². The average Bonchev–Trinajstić information content (AvgIpc) is 2.44. The first-order valence-corrected chi connectivity index (χ1v) is 5.58. The summed E-state index contributed by atoms with van der Waals surface area (Å²) in [5, 5.41) is 11.6. The molecule has 0 aliphatic heterocycles. The van der Waals surface area contributed by atoms with E-state index in [-0.39, 0.29) is 29.4 Å². The second kappa shape index (κ2) is 7.03. The van der Waals surface area contributed by atoms with E-state index in [0.29, 0.717) is 0 Å². The summed E-state index contributed by atoms with van der Waals surface area (Å²) in [6, 6.07) is 2.91. The van der Waals surface area contributed by atoms with Crippen LogP contribution in [0.15, 0.2) is 24.8 Å². The Hall–Kier alpha value is -2.70. The first kappa shape index (κ1) is 15.4. The fourth-order valence-electron chi connectivity index (χ4n) is 1.51. The minimum absolute atomic E-state index is 0.000518. The number of ether oxygens (including phenoxy) is 3. The minimum Gasteiger partial charge on any atom is -0.496 e. The van der Waals surface area contributed by atoms with E-state index < -0.39 is 12.1 Å². The molecule has 0 saturated carbocycles. The minimum atomic E-state index is -1.26. The van der Waals surface area contributed by atoms with Crippen LogP contribution in [0.3, 0.4) is 0 Å². The van der Waals surface area contributed by atoms with Crippen LogP contribution in [-0.2, 0) is 4.74 Å². The van der Waals surface area contributed by atoms with Crippen LogP contribution in [0.25, 0.3) is 0 Å². The van der Waals surface area contributed by atoms with Crippen LogP contribution in [0.2, 0.25) is 0 Å². The molecule has 7 heteroatoms. The highest BCUT2D eigenvalue weighted by molar-refractivity contribution is 6.03. The molecule has 0 heterocycles. The zero-order chi connectivity index (χ0) is 15.1. The lowest BCUT2D eigenvalue weighted by Gasteiger charge is -2.15. The Morgan fingerprint density at radius 3 is 2.40 bits per heavy atom.